The van der Waals surface area contributed by atoms with Crippen molar-refractivity contribution < 1.29 is 58.8 Å². The number of rotatable bonds is 31. The number of hydrogen-bond acceptors (Lipinski definition) is 28. The quantitative estimate of drug-likeness (QED) is 0.0192. The van der Waals surface area contributed by atoms with Gasteiger partial charge in [-0.3, -0.25) is 38.4 Å². The number of thiazole rings is 4. The molecule has 2 aliphatic carbocycles. The van der Waals surface area contributed by atoms with Gasteiger partial charge in [0, 0.05) is 145 Å². The molecule has 141 heavy (non-hydrogen) atoms. The second kappa shape index (κ2) is 42.3. The Kier molecular flexibility index (Phi) is 31.6. The van der Waals surface area contributed by atoms with E-state index in [1.165, 1.54) is 64.6 Å². The van der Waals surface area contributed by atoms with E-state index in [9.17, 15) is 58.8 Å². The van der Waals surface area contributed by atoms with Crippen molar-refractivity contribution in [2.24, 2.45) is 11.3 Å². The first kappa shape index (κ1) is 105. The SMILES string of the molecule is CCC(C)(C)Nc1cc(C)c(-c2sc(C(=O)NCC(C)(C)O)nc2C(=O)N2C3CCC2CC3)cn1.CC[C@H](Nc1cc(C)c(-c2sc(C(=O)NCC(C)(C)O)nc2C(=O)N2C3CCC2CC3)cn1)C1CC1.Cc1cc(NC2(C)CCC2)ncc1-c1sc(C(=O)NCC(C)(C)O)nc1C(=O)N1C2CCC1CC2.Cc1cc(NCC(C)(C)C)ncc1-c1sc(C(=O)NCC(C)(C)O)nc1C(=O)N1C2CCC1CC2. The molecular weight excluding hydrogens is 1860 g/mol. The zero-order valence-electron chi connectivity index (χ0n) is 85.7. The lowest BCUT2D eigenvalue weighted by Crippen LogP contribution is -2.41. The number of amides is 8. The van der Waals surface area contributed by atoms with Crippen molar-refractivity contribution in [2.75, 3.05) is 54.0 Å². The standard InChI is InChI=1S/C27H37N5O3S.C26H35N5O3S.2C26H37N5O3S/c1-5-20(16-6-7-16)30-21-12-15(2)19(13-28-21)23-22(26(34)32-17-8-9-18(32)11-10-17)31-25(36-23)24(33)29-14-27(3,4)35;1-15-12-19(30-26(4)10-5-11-26)27-13-18(15)21-20(24(33)31-16-6-7-17(31)9-8-16)29-23(35-21)22(32)28-14-25(2,3)34;1-15-11-19(28-13-25(2,3)4)27-12-18(15)21-20(24(33)31-16-7-8-17(31)10-9-16)30-23(35-21)22(32)29-14-26(5,6)34;1-7-25(3,4)30-19-12-15(2)18(13-27-19)21-20(24(33)31-16-8-9-17(31)11-10-16)29-23(35-21)22(32)28-14-26(5,6)34/h12-13,16-18,20,35H,5-11,14H2,1-4H3,(H,28,30)(H,29,33);12-13,16-17,34H,5-11,14H2,1-4H3,(H,27,30)(H,28,32);11-12,16-17,34H,7-10,13-14H2,1-6H3,(H,27,28)(H,29,32);12-13,16-17,34H,7-11,14H2,1-6H3,(H,27,30)(H,28,32)/t17?,18?,20-;;;/m0.../s1. The Morgan fingerprint density at radius 3 is 0.894 bits per heavy atom. The van der Waals surface area contributed by atoms with Crippen molar-refractivity contribution in [3.05, 3.63) is 114 Å². The summed E-state index contributed by atoms with van der Waals surface area (Å²) in [5, 5.41) is 65.8. The number of aryl methyl sites for hydroxylation is 4. The van der Waals surface area contributed by atoms with Gasteiger partial charge in [-0.25, -0.2) is 39.9 Å². The molecule has 2 saturated carbocycles. The minimum atomic E-state index is -1.04. The molecular formula is C105H146N20O12S4. The molecule has 8 aromatic rings. The number of nitrogens with one attached hydrogen (secondary N) is 8. The fourth-order valence-electron chi connectivity index (χ4n) is 20.6. The molecule has 762 valence electrons. The van der Waals surface area contributed by atoms with Crippen LogP contribution in [0.1, 0.15) is 362 Å². The van der Waals surface area contributed by atoms with Gasteiger partial charge in [0.1, 0.15) is 46.0 Å². The lowest BCUT2D eigenvalue weighted by Gasteiger charge is -2.39. The van der Waals surface area contributed by atoms with Crippen LogP contribution >= 0.6 is 45.3 Å². The van der Waals surface area contributed by atoms with Crippen LogP contribution in [0, 0.1) is 39.0 Å². The van der Waals surface area contributed by atoms with Gasteiger partial charge in [0.05, 0.1) is 41.9 Å². The summed E-state index contributed by atoms with van der Waals surface area (Å²) >= 11 is 4.85. The molecule has 0 spiro atoms. The van der Waals surface area contributed by atoms with Crippen LogP contribution in [0.4, 0.5) is 23.3 Å². The van der Waals surface area contributed by atoms with Crippen molar-refractivity contribution in [3.63, 3.8) is 0 Å². The predicted octanol–water partition coefficient (Wildman–Crippen LogP) is 17.1. The van der Waals surface area contributed by atoms with Gasteiger partial charge < -0.3 is 82.6 Å². The Morgan fingerprint density at radius 1 is 0.383 bits per heavy atom. The van der Waals surface area contributed by atoms with Gasteiger partial charge in [-0.05, 0) is 309 Å². The van der Waals surface area contributed by atoms with Gasteiger partial charge in [-0.15, -0.1) is 45.3 Å². The average Bonchev–Trinajstić information content (AvgIpc) is 1.62. The van der Waals surface area contributed by atoms with Gasteiger partial charge in [-0.2, -0.15) is 0 Å². The zero-order chi connectivity index (χ0) is 102. The highest BCUT2D eigenvalue weighted by atomic mass is 32.1. The highest BCUT2D eigenvalue weighted by Gasteiger charge is 2.50. The third kappa shape index (κ3) is 25.3. The summed E-state index contributed by atoms with van der Waals surface area (Å²) < 4.78 is 0. The summed E-state index contributed by atoms with van der Waals surface area (Å²) in [6.07, 6.45) is 31.7. The minimum Gasteiger partial charge on any atom is -0.389 e. The molecule has 8 bridgehead atoms. The Hall–Kier alpha value is -10.1. The molecule has 8 aromatic heterocycles. The fraction of sp³-hybridized carbons (Fsp3) is 0.619. The zero-order valence-corrected chi connectivity index (χ0v) is 89.0. The van der Waals surface area contributed by atoms with Crippen molar-refractivity contribution in [3.8, 4) is 41.8 Å². The van der Waals surface area contributed by atoms with Crippen LogP contribution in [-0.4, -0.2) is 248 Å². The Labute approximate surface area is 845 Å². The Bertz CT molecular complexity index is 5710. The summed E-state index contributed by atoms with van der Waals surface area (Å²) in [7, 11) is 0. The number of aromatic nitrogens is 8. The summed E-state index contributed by atoms with van der Waals surface area (Å²) in [6, 6.07) is 10.5. The van der Waals surface area contributed by atoms with E-state index in [4.69, 9.17) is 0 Å². The summed E-state index contributed by atoms with van der Waals surface area (Å²) in [6.45, 7) is 39.5. The molecule has 36 heteroatoms. The van der Waals surface area contributed by atoms with Crippen LogP contribution < -0.4 is 42.5 Å². The summed E-state index contributed by atoms with van der Waals surface area (Å²) in [5.41, 5.74) is 4.42. The van der Waals surface area contributed by atoms with Crippen LogP contribution in [0.3, 0.4) is 0 Å². The largest absolute Gasteiger partial charge is 0.389 e. The van der Waals surface area contributed by atoms with Crippen LogP contribution in [0.15, 0.2) is 49.1 Å². The smallest absolute Gasteiger partial charge is 0.280 e. The monoisotopic (exact) mass is 2010 g/mol. The van der Waals surface area contributed by atoms with E-state index in [2.05, 4.69) is 138 Å². The molecule has 8 aliphatic heterocycles. The lowest BCUT2D eigenvalue weighted by molar-refractivity contribution is 0.0691. The maximum absolute atomic E-state index is 13.8. The van der Waals surface area contributed by atoms with E-state index < -0.39 is 34.2 Å². The molecule has 16 heterocycles. The van der Waals surface area contributed by atoms with Crippen LogP contribution in [0.2, 0.25) is 0 Å². The van der Waals surface area contributed by atoms with Crippen molar-refractivity contribution in [2.45, 2.75) is 374 Å². The van der Waals surface area contributed by atoms with Gasteiger partial charge in [0.25, 0.3) is 47.3 Å². The number of carbonyl (C=O) groups excluding carboxylic acids is 8. The molecule has 12 N–H and O–H groups in total. The van der Waals surface area contributed by atoms with Crippen molar-refractivity contribution >= 4 is 116 Å². The van der Waals surface area contributed by atoms with E-state index >= 15 is 0 Å². The third-order valence-corrected chi connectivity index (χ3v) is 33.3. The number of pyridine rings is 4. The molecule has 1 atom stereocenters. The fourth-order valence-corrected chi connectivity index (χ4v) is 24.8. The molecule has 0 aromatic carbocycles. The van der Waals surface area contributed by atoms with Gasteiger partial charge >= 0.3 is 0 Å². The van der Waals surface area contributed by atoms with E-state index in [0.29, 0.717) is 48.3 Å². The Morgan fingerprint density at radius 2 is 0.645 bits per heavy atom. The van der Waals surface area contributed by atoms with Crippen molar-refractivity contribution in [1.29, 1.82) is 0 Å². The number of fused-ring (bicyclic) bond motifs is 8. The maximum atomic E-state index is 13.8. The van der Waals surface area contributed by atoms with Gasteiger partial charge in [-0.1, -0.05) is 34.6 Å². The Balaban J connectivity index is 0.000000142. The van der Waals surface area contributed by atoms with E-state index in [1.807, 2.05) is 71.6 Å². The second-order valence-electron chi connectivity index (χ2n) is 45.3. The van der Waals surface area contributed by atoms with E-state index in [0.717, 1.165) is 209 Å². The molecule has 10 aliphatic rings. The average molecular weight is 2010 g/mol. The normalized spacial score (nSPS) is 21.1. The molecule has 0 unspecified atom stereocenters. The highest BCUT2D eigenvalue weighted by Crippen LogP contribution is 2.48. The van der Waals surface area contributed by atoms with Crippen molar-refractivity contribution in [1.82, 2.24) is 80.7 Å². The number of aliphatic hydroxyl groups is 4. The maximum Gasteiger partial charge on any atom is 0.280 e. The molecule has 8 saturated heterocycles. The molecule has 32 nitrogen and oxygen atoms in total. The molecule has 8 amide bonds. The number of anilines is 4. The first-order valence-corrected chi connectivity index (χ1v) is 54.0. The predicted molar refractivity (Wildman–Crippen MR) is 556 cm³/mol. The van der Waals surface area contributed by atoms with E-state index in [1.54, 1.807) is 80.2 Å². The number of carbonyl (C=O) groups is 8. The lowest BCUT2D eigenvalue weighted by atomic mass is 9.78. The summed E-state index contributed by atoms with van der Waals surface area (Å²) in [4.78, 5) is 154. The number of hydrogen-bond donors (Lipinski definition) is 12. The molecule has 10 fully saturated rings. The third-order valence-electron chi connectivity index (χ3n) is 29.0. The first-order chi connectivity index (χ1) is 66.4. The molecule has 0 radical (unpaired) electrons. The number of nitrogens with zero attached hydrogens (tertiary/aromatic N) is 12. The topological polar surface area (TPSA) is 430 Å². The first-order valence-electron chi connectivity index (χ1n) is 50.7. The molecule has 18 rings (SSSR count). The van der Waals surface area contributed by atoms with Gasteiger partial charge in [0.2, 0.25) is 0 Å². The minimum absolute atomic E-state index is 0.0887. The van der Waals surface area contributed by atoms with Crippen LogP contribution in [0.5, 0.6) is 0 Å². The van der Waals surface area contributed by atoms with Crippen LogP contribution in [-0.2, 0) is 0 Å². The summed E-state index contributed by atoms with van der Waals surface area (Å²) in [5.74, 6) is 2.01. The van der Waals surface area contributed by atoms with Gasteiger partial charge in [0.15, 0.2) is 20.0 Å². The highest BCUT2D eigenvalue weighted by molar-refractivity contribution is 7.18. The van der Waals surface area contributed by atoms with E-state index in [-0.39, 0.29) is 146 Å². The van der Waals surface area contributed by atoms with Crippen LogP contribution in [0.25, 0.3) is 41.8 Å². The second-order valence-corrected chi connectivity index (χ2v) is 49.3.